The van der Waals surface area contributed by atoms with Crippen LogP contribution in [0.15, 0.2) is 107 Å². The van der Waals surface area contributed by atoms with E-state index in [1.54, 1.807) is 62.4 Å². The van der Waals surface area contributed by atoms with Gasteiger partial charge in [0.15, 0.2) is 0 Å². The van der Waals surface area contributed by atoms with Crippen LogP contribution in [0.3, 0.4) is 0 Å². The average molecular weight is 669 g/mol. The van der Waals surface area contributed by atoms with Gasteiger partial charge in [-0.3, -0.25) is 18.4 Å². The zero-order chi connectivity index (χ0) is 35.0. The molecule has 0 atom stereocenters. The minimum absolute atomic E-state index is 0.0728. The van der Waals surface area contributed by atoms with Gasteiger partial charge in [0.1, 0.15) is 22.7 Å². The molecule has 11 heteroatoms. The van der Waals surface area contributed by atoms with Crippen LogP contribution in [0.4, 0.5) is 0 Å². The van der Waals surface area contributed by atoms with Gasteiger partial charge in [0.25, 0.3) is 11.1 Å². The van der Waals surface area contributed by atoms with Crippen molar-refractivity contribution >= 4 is 11.3 Å². The largest absolute Gasteiger partial charge is 0.396 e. The zero-order valence-corrected chi connectivity index (χ0v) is 27.7. The maximum absolute atomic E-state index is 12.3. The lowest BCUT2D eigenvalue weighted by molar-refractivity contribution is 0.198. The number of hydrogen-bond acceptors (Lipinski definition) is 9. The van der Waals surface area contributed by atoms with Gasteiger partial charge >= 0.3 is 0 Å². The van der Waals surface area contributed by atoms with Crippen LogP contribution in [0, 0.1) is 23.7 Å². The van der Waals surface area contributed by atoms with Crippen molar-refractivity contribution in [1.82, 2.24) is 28.7 Å². The standard InChI is InChI=1S/C18H15N3O2.C17H13N3O2.C4H8O/c1-23-11-8-15-13-20-17-12-14(7-10-21(17)18(15)22)5-6-16-4-2-3-9-19-16;21-10-7-14-12-19-16-11-13(6-9-20(16)17(14)22)4-5-15-3-1-2-8-18-15;1-2-4-5-3-1/h2-4,7,9-10,12-13H,8,11H2,1H3;1-3,6,8-9,11-12,21H,7,10H2;1-4H2. The van der Waals surface area contributed by atoms with Crippen LogP contribution in [-0.4, -0.2) is 67.4 Å². The molecular weight excluding hydrogens is 632 g/mol. The van der Waals surface area contributed by atoms with Crippen molar-refractivity contribution in [3.63, 3.8) is 0 Å². The highest BCUT2D eigenvalue weighted by molar-refractivity contribution is 5.50. The quantitative estimate of drug-likeness (QED) is 0.274. The lowest BCUT2D eigenvalue weighted by Gasteiger charge is -2.04. The van der Waals surface area contributed by atoms with E-state index in [2.05, 4.69) is 43.6 Å². The van der Waals surface area contributed by atoms with Crippen molar-refractivity contribution in [2.24, 2.45) is 0 Å². The molecule has 0 aliphatic carbocycles. The van der Waals surface area contributed by atoms with Gasteiger partial charge in [0, 0.05) is 99.2 Å². The van der Waals surface area contributed by atoms with E-state index in [1.165, 1.54) is 27.8 Å². The Bertz CT molecular complexity index is 2250. The topological polar surface area (TPSA) is 133 Å². The Hall–Kier alpha value is -5.98. The Morgan fingerprint density at radius 1 is 0.720 bits per heavy atom. The van der Waals surface area contributed by atoms with Crippen LogP contribution in [0.2, 0.25) is 0 Å². The SMILES string of the molecule is C1CCOC1.COCCc1cnc2cc(C#Cc3ccccn3)ccn2c1=O.O=c1c(CCO)cnc2cc(C#Cc3ccccn3)ccn12. The number of fused-ring (bicyclic) bond motifs is 2. The van der Waals surface area contributed by atoms with Crippen LogP contribution in [0.5, 0.6) is 0 Å². The molecule has 0 unspecified atom stereocenters. The molecule has 0 spiro atoms. The molecule has 11 nitrogen and oxygen atoms in total. The number of nitrogens with zero attached hydrogens (tertiary/aromatic N) is 6. The summed E-state index contributed by atoms with van der Waals surface area (Å²) in [5.41, 5.74) is 4.92. The summed E-state index contributed by atoms with van der Waals surface area (Å²) in [7, 11) is 1.61. The third-order valence-corrected chi connectivity index (χ3v) is 7.35. The monoisotopic (exact) mass is 668 g/mol. The minimum Gasteiger partial charge on any atom is -0.396 e. The summed E-state index contributed by atoms with van der Waals surface area (Å²) < 4.78 is 12.9. The zero-order valence-electron chi connectivity index (χ0n) is 27.7. The first-order valence-electron chi connectivity index (χ1n) is 16.1. The van der Waals surface area contributed by atoms with Gasteiger partial charge in [-0.1, -0.05) is 24.0 Å². The second kappa shape index (κ2) is 18.5. The number of aromatic nitrogens is 6. The van der Waals surface area contributed by atoms with E-state index >= 15 is 0 Å². The molecule has 6 aromatic rings. The predicted octanol–water partition coefficient (Wildman–Crippen LogP) is 3.50. The number of aliphatic hydroxyl groups excluding tert-OH is 1. The van der Waals surface area contributed by atoms with Crippen LogP contribution in [0.1, 0.15) is 46.5 Å². The van der Waals surface area contributed by atoms with E-state index in [4.69, 9.17) is 14.6 Å². The van der Waals surface area contributed by atoms with E-state index < -0.39 is 0 Å². The Kier molecular flexibility index (Phi) is 13.1. The van der Waals surface area contributed by atoms with Gasteiger partial charge in [-0.2, -0.15) is 0 Å². The summed E-state index contributed by atoms with van der Waals surface area (Å²) >= 11 is 0. The maximum atomic E-state index is 12.3. The van der Waals surface area contributed by atoms with Crippen molar-refractivity contribution in [3.05, 3.63) is 152 Å². The van der Waals surface area contributed by atoms with E-state index in [1.807, 2.05) is 36.4 Å². The molecule has 1 aliphatic heterocycles. The molecule has 6 aromatic heterocycles. The molecule has 7 heterocycles. The summed E-state index contributed by atoms with van der Waals surface area (Å²) in [5, 5.41) is 8.94. The first-order chi connectivity index (χ1) is 24.6. The molecule has 0 saturated carbocycles. The molecule has 50 heavy (non-hydrogen) atoms. The van der Waals surface area contributed by atoms with Gasteiger partial charge in [-0.25, -0.2) is 19.9 Å². The lowest BCUT2D eigenvalue weighted by atomic mass is 10.2. The first-order valence-corrected chi connectivity index (χ1v) is 16.1. The van der Waals surface area contributed by atoms with Crippen molar-refractivity contribution < 1.29 is 14.6 Å². The first kappa shape index (κ1) is 35.3. The number of hydrogen-bond donors (Lipinski definition) is 1. The number of methoxy groups -OCH3 is 1. The molecule has 1 aliphatic rings. The lowest BCUT2D eigenvalue weighted by Crippen LogP contribution is -2.20. The van der Waals surface area contributed by atoms with Crippen molar-refractivity contribution in [1.29, 1.82) is 0 Å². The Labute approximate surface area is 289 Å². The van der Waals surface area contributed by atoms with Gasteiger partial charge in [0.05, 0.1) is 6.61 Å². The average Bonchev–Trinajstić information content (AvgIpc) is 3.76. The molecule has 0 radical (unpaired) electrons. The second-order valence-electron chi connectivity index (χ2n) is 10.9. The van der Waals surface area contributed by atoms with E-state index in [0.717, 1.165) is 24.3 Å². The Balaban J connectivity index is 0.000000170. The van der Waals surface area contributed by atoms with E-state index in [0.29, 0.717) is 53.3 Å². The highest BCUT2D eigenvalue weighted by Crippen LogP contribution is 2.05. The molecule has 0 bridgehead atoms. The smallest absolute Gasteiger partial charge is 0.261 e. The fraction of sp³-hybridized carbons (Fsp3) is 0.231. The normalized spacial score (nSPS) is 11.6. The molecule has 1 fully saturated rings. The number of aliphatic hydroxyl groups is 1. The molecular formula is C39H36N6O5. The van der Waals surface area contributed by atoms with E-state index in [-0.39, 0.29) is 17.7 Å². The Morgan fingerprint density at radius 2 is 1.24 bits per heavy atom. The molecule has 1 saturated heterocycles. The van der Waals surface area contributed by atoms with E-state index in [9.17, 15) is 9.59 Å². The summed E-state index contributed by atoms with van der Waals surface area (Å²) in [6.07, 6.45) is 13.2. The predicted molar refractivity (Wildman–Crippen MR) is 190 cm³/mol. The van der Waals surface area contributed by atoms with Gasteiger partial charge in [-0.15, -0.1) is 0 Å². The third-order valence-electron chi connectivity index (χ3n) is 7.35. The van der Waals surface area contributed by atoms with Gasteiger partial charge in [-0.05, 0) is 73.2 Å². The fourth-order valence-electron chi connectivity index (χ4n) is 4.71. The van der Waals surface area contributed by atoms with Crippen molar-refractivity contribution in [2.75, 3.05) is 33.5 Å². The number of rotatable bonds is 5. The summed E-state index contributed by atoms with van der Waals surface area (Å²) in [6.45, 7) is 2.42. The molecule has 0 amide bonds. The second-order valence-corrected chi connectivity index (χ2v) is 10.9. The minimum atomic E-state index is -0.164. The number of pyridine rings is 4. The van der Waals surface area contributed by atoms with Gasteiger partial charge in [0.2, 0.25) is 0 Å². The fourth-order valence-corrected chi connectivity index (χ4v) is 4.71. The van der Waals surface area contributed by atoms with Crippen LogP contribution >= 0.6 is 0 Å². The summed E-state index contributed by atoms with van der Waals surface area (Å²) in [4.78, 5) is 41.4. The summed E-state index contributed by atoms with van der Waals surface area (Å²) in [6, 6.07) is 18.2. The molecule has 1 N–H and O–H groups in total. The maximum Gasteiger partial charge on any atom is 0.261 e. The molecule has 252 valence electrons. The van der Waals surface area contributed by atoms with Crippen LogP contribution in [-0.2, 0) is 22.3 Å². The van der Waals surface area contributed by atoms with Crippen molar-refractivity contribution in [2.45, 2.75) is 25.7 Å². The number of ether oxygens (including phenoxy) is 2. The van der Waals surface area contributed by atoms with Crippen LogP contribution in [0.25, 0.3) is 11.3 Å². The highest BCUT2D eigenvalue weighted by atomic mass is 16.5. The third kappa shape index (κ3) is 10.0. The van der Waals surface area contributed by atoms with Crippen molar-refractivity contribution in [3.8, 4) is 23.7 Å². The Morgan fingerprint density at radius 3 is 1.66 bits per heavy atom. The summed E-state index contributed by atoms with van der Waals surface area (Å²) in [5.74, 6) is 12.0. The molecule has 7 rings (SSSR count). The van der Waals surface area contributed by atoms with Gasteiger partial charge < -0.3 is 14.6 Å². The molecule has 0 aromatic carbocycles. The highest BCUT2D eigenvalue weighted by Gasteiger charge is 2.06. The van der Waals surface area contributed by atoms with Crippen LogP contribution < -0.4 is 11.1 Å².